The Morgan fingerprint density at radius 1 is 1.03 bits per heavy atom. The number of nitrogens with two attached hydrogens (primary N) is 1. The monoisotopic (exact) mass is 534 g/mol. The van der Waals surface area contributed by atoms with Gasteiger partial charge in [-0.3, -0.25) is 28.9 Å². The minimum absolute atomic E-state index is 0.00504. The Bertz CT molecular complexity index is 1390. The van der Waals surface area contributed by atoms with Crippen molar-refractivity contribution in [2.45, 2.75) is 37.2 Å². The van der Waals surface area contributed by atoms with Crippen molar-refractivity contribution in [2.75, 3.05) is 14.1 Å². The van der Waals surface area contributed by atoms with E-state index in [0.717, 1.165) is 5.56 Å². The van der Waals surface area contributed by atoms with Crippen LogP contribution < -0.4 is 5.73 Å². The van der Waals surface area contributed by atoms with Gasteiger partial charge in [0.1, 0.15) is 5.75 Å². The van der Waals surface area contributed by atoms with Crippen LogP contribution >= 0.6 is 0 Å². The molecule has 0 spiro atoms. The standard InChI is InChI=1S/C29H30N2O8/c1-13-15-10-7-11-16(32)18(15)23(33)19-17(13)25(39-12-14-8-5-4-6-9-14)21-22(31(2)3)24(34)20(28(30)37)27(36)29(21,38)26(19)35/h4-11,13,17,19-22,25,32,38H,12H2,1-3H3,(H2,30,37). The van der Waals surface area contributed by atoms with Gasteiger partial charge >= 0.3 is 0 Å². The molecular weight excluding hydrogens is 504 g/mol. The first kappa shape index (κ1) is 26.9. The van der Waals surface area contributed by atoms with Gasteiger partial charge in [-0.25, -0.2) is 0 Å². The third-order valence-corrected chi connectivity index (χ3v) is 8.61. The maximum absolute atomic E-state index is 14.2. The maximum atomic E-state index is 14.2. The molecule has 8 unspecified atom stereocenters. The molecule has 0 bridgehead atoms. The van der Waals surface area contributed by atoms with Crippen molar-refractivity contribution in [3.63, 3.8) is 0 Å². The van der Waals surface area contributed by atoms with Crippen LogP contribution in [0.1, 0.15) is 34.3 Å². The number of aliphatic hydroxyl groups is 1. The number of aromatic hydroxyl groups is 1. The molecule has 39 heavy (non-hydrogen) atoms. The summed E-state index contributed by atoms with van der Waals surface area (Å²) in [4.78, 5) is 68.9. The van der Waals surface area contributed by atoms with Gasteiger partial charge in [-0.05, 0) is 37.2 Å². The fourth-order valence-corrected chi connectivity index (χ4v) is 6.90. The number of Topliss-reactive ketones (excluding diaryl/α,β-unsaturated/α-hetero) is 4. The van der Waals surface area contributed by atoms with E-state index in [1.807, 2.05) is 30.3 Å². The molecule has 204 valence electrons. The largest absolute Gasteiger partial charge is 0.507 e. The number of primary amides is 1. The van der Waals surface area contributed by atoms with Crippen LogP contribution in [0.5, 0.6) is 5.75 Å². The zero-order valence-corrected chi connectivity index (χ0v) is 21.7. The highest BCUT2D eigenvalue weighted by Crippen LogP contribution is 2.55. The third-order valence-electron chi connectivity index (χ3n) is 8.61. The molecular formula is C29H30N2O8. The van der Waals surface area contributed by atoms with E-state index in [2.05, 4.69) is 0 Å². The van der Waals surface area contributed by atoms with E-state index in [4.69, 9.17) is 10.5 Å². The van der Waals surface area contributed by atoms with Crippen LogP contribution in [0.15, 0.2) is 48.5 Å². The van der Waals surface area contributed by atoms with Gasteiger partial charge in [-0.2, -0.15) is 0 Å². The average Bonchev–Trinajstić information content (AvgIpc) is 2.88. The van der Waals surface area contributed by atoms with E-state index in [1.54, 1.807) is 19.1 Å². The first-order valence-corrected chi connectivity index (χ1v) is 12.7. The molecule has 0 radical (unpaired) electrons. The fraction of sp³-hybridized carbons (Fsp3) is 0.414. The second kappa shape index (κ2) is 9.48. The highest BCUT2D eigenvalue weighted by Gasteiger charge is 2.73. The van der Waals surface area contributed by atoms with Crippen LogP contribution in [0.2, 0.25) is 0 Å². The van der Waals surface area contributed by atoms with Crippen LogP contribution in [-0.4, -0.2) is 76.0 Å². The molecule has 0 aromatic heterocycles. The Balaban J connectivity index is 1.74. The molecule has 2 aromatic carbocycles. The van der Waals surface area contributed by atoms with Crippen molar-refractivity contribution in [1.29, 1.82) is 0 Å². The van der Waals surface area contributed by atoms with E-state index in [1.165, 1.54) is 25.1 Å². The molecule has 0 aliphatic heterocycles. The van der Waals surface area contributed by atoms with Gasteiger partial charge in [0.05, 0.1) is 36.2 Å². The number of fused-ring (bicyclic) bond motifs is 3. The number of amides is 1. The molecule has 10 heteroatoms. The number of ether oxygens (including phenoxy) is 1. The van der Waals surface area contributed by atoms with Gasteiger partial charge < -0.3 is 20.7 Å². The van der Waals surface area contributed by atoms with Gasteiger partial charge in [-0.15, -0.1) is 0 Å². The Kier molecular flexibility index (Phi) is 6.53. The summed E-state index contributed by atoms with van der Waals surface area (Å²) in [6, 6.07) is 12.4. The quantitative estimate of drug-likeness (QED) is 0.467. The first-order valence-electron chi connectivity index (χ1n) is 12.7. The number of carbonyl (C=O) groups is 5. The van der Waals surface area contributed by atoms with Gasteiger partial charge in [-0.1, -0.05) is 49.4 Å². The zero-order chi connectivity index (χ0) is 28.4. The lowest BCUT2D eigenvalue weighted by Crippen LogP contribution is -2.78. The minimum Gasteiger partial charge on any atom is -0.507 e. The molecule has 0 heterocycles. The van der Waals surface area contributed by atoms with Crippen molar-refractivity contribution in [2.24, 2.45) is 29.4 Å². The number of ketones is 4. The third kappa shape index (κ3) is 3.77. The second-order valence-electron chi connectivity index (χ2n) is 10.9. The normalized spacial score (nSPS) is 33.9. The first-order chi connectivity index (χ1) is 18.4. The Morgan fingerprint density at radius 3 is 2.31 bits per heavy atom. The molecule has 4 N–H and O–H groups in total. The summed E-state index contributed by atoms with van der Waals surface area (Å²) in [6.07, 6.45) is -1.14. The Morgan fingerprint density at radius 2 is 1.69 bits per heavy atom. The summed E-state index contributed by atoms with van der Waals surface area (Å²) in [7, 11) is 3.06. The molecule has 5 rings (SSSR count). The smallest absolute Gasteiger partial charge is 0.235 e. The minimum atomic E-state index is -2.90. The number of hydrogen-bond acceptors (Lipinski definition) is 9. The lowest BCUT2D eigenvalue weighted by molar-refractivity contribution is -0.204. The number of benzene rings is 2. The molecule has 10 nitrogen and oxygen atoms in total. The molecule has 1 amide bonds. The lowest BCUT2D eigenvalue weighted by Gasteiger charge is -2.57. The van der Waals surface area contributed by atoms with Gasteiger partial charge in [0.25, 0.3) is 0 Å². The summed E-state index contributed by atoms with van der Waals surface area (Å²) in [5.74, 6) is -12.1. The highest BCUT2D eigenvalue weighted by atomic mass is 16.5. The number of rotatable bonds is 5. The molecule has 2 fully saturated rings. The van der Waals surface area contributed by atoms with Crippen LogP contribution in [0.3, 0.4) is 0 Å². The van der Waals surface area contributed by atoms with Crippen LogP contribution in [0.25, 0.3) is 0 Å². The molecule has 0 saturated heterocycles. The molecule has 2 saturated carbocycles. The predicted octanol–water partition coefficient (Wildman–Crippen LogP) is 0.623. The van der Waals surface area contributed by atoms with Gasteiger partial charge in [0, 0.05) is 5.92 Å². The Hall–Kier alpha value is -3.73. The summed E-state index contributed by atoms with van der Waals surface area (Å²) >= 11 is 0. The number of carbonyl (C=O) groups excluding carboxylic acids is 5. The van der Waals surface area contributed by atoms with E-state index in [0.29, 0.717) is 5.56 Å². The topological polar surface area (TPSA) is 164 Å². The number of phenols is 1. The second-order valence-corrected chi connectivity index (χ2v) is 10.9. The zero-order valence-electron chi connectivity index (χ0n) is 21.7. The number of nitrogens with zero attached hydrogens (tertiary/aromatic N) is 1. The number of likely N-dealkylation sites (N-methyl/N-ethyl adjacent to an activating group) is 1. The SMILES string of the molecule is CC1c2cccc(O)c2C(=O)C2C(=O)C3(O)C(=O)C(C(N)=O)C(=O)C(N(C)C)C3C(OCc3ccccc3)C21. The fourth-order valence-electron chi connectivity index (χ4n) is 6.90. The van der Waals surface area contributed by atoms with E-state index < -0.39 is 76.4 Å². The molecule has 3 aliphatic rings. The van der Waals surface area contributed by atoms with Crippen molar-refractivity contribution >= 4 is 29.0 Å². The van der Waals surface area contributed by atoms with Gasteiger partial charge in [0.2, 0.25) is 5.91 Å². The van der Waals surface area contributed by atoms with Crippen molar-refractivity contribution in [3.8, 4) is 5.75 Å². The van der Waals surface area contributed by atoms with Crippen LogP contribution in [-0.2, 0) is 30.5 Å². The predicted molar refractivity (Wildman–Crippen MR) is 136 cm³/mol. The molecule has 3 aliphatic carbocycles. The van der Waals surface area contributed by atoms with Gasteiger partial charge in [0.15, 0.2) is 34.7 Å². The van der Waals surface area contributed by atoms with E-state index in [-0.39, 0.29) is 17.9 Å². The summed E-state index contributed by atoms with van der Waals surface area (Å²) in [6.45, 7) is 1.79. The van der Waals surface area contributed by atoms with Crippen molar-refractivity contribution in [3.05, 3.63) is 65.2 Å². The Labute approximate surface area is 224 Å². The van der Waals surface area contributed by atoms with Crippen molar-refractivity contribution in [1.82, 2.24) is 4.90 Å². The number of phenolic OH excluding ortho intramolecular Hbond substituents is 1. The molecule has 8 atom stereocenters. The summed E-state index contributed by atoms with van der Waals surface area (Å²) < 4.78 is 6.38. The van der Waals surface area contributed by atoms with E-state index in [9.17, 15) is 34.2 Å². The maximum Gasteiger partial charge on any atom is 0.235 e. The number of hydrogen-bond donors (Lipinski definition) is 3. The van der Waals surface area contributed by atoms with Crippen LogP contribution in [0.4, 0.5) is 0 Å². The highest BCUT2D eigenvalue weighted by molar-refractivity contribution is 6.32. The van der Waals surface area contributed by atoms with Crippen LogP contribution in [0, 0.1) is 23.7 Å². The van der Waals surface area contributed by atoms with Crippen molar-refractivity contribution < 1.29 is 38.9 Å². The summed E-state index contributed by atoms with van der Waals surface area (Å²) in [5.41, 5.74) is 3.71. The van der Waals surface area contributed by atoms with E-state index >= 15 is 0 Å². The molecule has 2 aromatic rings. The lowest BCUT2D eigenvalue weighted by atomic mass is 9.49. The summed E-state index contributed by atoms with van der Waals surface area (Å²) in [5, 5.41) is 22.6. The average molecular weight is 535 g/mol.